The summed E-state index contributed by atoms with van der Waals surface area (Å²) in [5, 5.41) is 8.04. The van der Waals surface area contributed by atoms with Gasteiger partial charge in [0.05, 0.1) is 13.7 Å². The second kappa shape index (κ2) is 14.1. The maximum Gasteiger partial charge on any atom is 0.330 e. The van der Waals surface area contributed by atoms with Crippen LogP contribution in [0.25, 0.3) is 6.08 Å². The van der Waals surface area contributed by atoms with Crippen molar-refractivity contribution in [3.05, 3.63) is 35.9 Å². The molecule has 0 aliphatic heterocycles. The average molecular weight is 350 g/mol. The zero-order valence-electron chi connectivity index (χ0n) is 15.7. The topological polar surface area (TPSA) is 72.8 Å². The SMILES string of the molecule is CCCCC(=O)O.COc1ccc(/C=C/C(=O)OCCC(C)C)cc1. The molecule has 0 aromatic heterocycles. The predicted molar refractivity (Wildman–Crippen MR) is 99.6 cm³/mol. The van der Waals surface area contributed by atoms with Crippen molar-refractivity contribution in [2.24, 2.45) is 5.92 Å². The van der Waals surface area contributed by atoms with Crippen LogP contribution in [0.4, 0.5) is 0 Å². The molecule has 140 valence electrons. The van der Waals surface area contributed by atoms with Crippen LogP contribution >= 0.6 is 0 Å². The zero-order valence-corrected chi connectivity index (χ0v) is 15.7. The number of benzene rings is 1. The largest absolute Gasteiger partial charge is 0.497 e. The maximum atomic E-state index is 11.4. The van der Waals surface area contributed by atoms with Gasteiger partial charge < -0.3 is 14.6 Å². The lowest BCUT2D eigenvalue weighted by Crippen LogP contribution is -2.04. The fourth-order valence-corrected chi connectivity index (χ4v) is 1.65. The fourth-order valence-electron chi connectivity index (χ4n) is 1.65. The standard InChI is InChI=1S/C15H20O3.C5H10O2/c1-12(2)10-11-18-15(16)9-6-13-4-7-14(17-3)8-5-13;1-2-3-4-5(6)7/h4-9,12H,10-11H2,1-3H3;2-4H2,1H3,(H,6,7)/b9-6+;. The molecular weight excluding hydrogens is 320 g/mol. The average Bonchev–Trinajstić information content (AvgIpc) is 2.58. The van der Waals surface area contributed by atoms with E-state index in [1.165, 1.54) is 6.08 Å². The Labute approximate surface area is 150 Å². The van der Waals surface area contributed by atoms with Gasteiger partial charge in [0.2, 0.25) is 0 Å². The third-order valence-corrected chi connectivity index (χ3v) is 3.21. The van der Waals surface area contributed by atoms with Gasteiger partial charge in [-0.3, -0.25) is 4.79 Å². The molecule has 0 radical (unpaired) electrons. The summed E-state index contributed by atoms with van der Waals surface area (Å²) in [5.74, 6) is 0.350. The third-order valence-electron chi connectivity index (χ3n) is 3.21. The van der Waals surface area contributed by atoms with Gasteiger partial charge in [0, 0.05) is 12.5 Å². The summed E-state index contributed by atoms with van der Waals surface area (Å²) in [6.45, 7) is 6.65. The summed E-state index contributed by atoms with van der Waals surface area (Å²) in [7, 11) is 1.62. The van der Waals surface area contributed by atoms with E-state index in [0.717, 1.165) is 30.6 Å². The van der Waals surface area contributed by atoms with Crippen molar-refractivity contribution in [1.82, 2.24) is 0 Å². The molecule has 1 aromatic carbocycles. The number of aliphatic carboxylic acids is 1. The third kappa shape index (κ3) is 13.8. The van der Waals surface area contributed by atoms with Gasteiger partial charge >= 0.3 is 11.9 Å². The molecule has 5 nitrogen and oxygen atoms in total. The summed E-state index contributed by atoms with van der Waals surface area (Å²) < 4.78 is 10.1. The number of rotatable bonds is 9. The Bertz CT molecular complexity index is 517. The highest BCUT2D eigenvalue weighted by Crippen LogP contribution is 2.12. The molecule has 5 heteroatoms. The number of ether oxygens (including phenoxy) is 2. The molecule has 0 aliphatic rings. The zero-order chi connectivity index (χ0) is 19.1. The van der Waals surface area contributed by atoms with Crippen molar-refractivity contribution in [2.45, 2.75) is 46.5 Å². The van der Waals surface area contributed by atoms with Gasteiger partial charge in [-0.2, -0.15) is 0 Å². The van der Waals surface area contributed by atoms with E-state index in [1.807, 2.05) is 31.2 Å². The molecule has 0 bridgehead atoms. The molecule has 0 atom stereocenters. The first-order valence-corrected chi connectivity index (χ1v) is 8.59. The van der Waals surface area contributed by atoms with E-state index in [-0.39, 0.29) is 5.97 Å². The number of unbranched alkanes of at least 4 members (excludes halogenated alkanes) is 1. The number of hydrogen-bond acceptors (Lipinski definition) is 4. The summed E-state index contributed by atoms with van der Waals surface area (Å²) in [6.07, 6.45) is 6.15. The molecule has 0 saturated heterocycles. The first-order chi connectivity index (χ1) is 11.9. The lowest BCUT2D eigenvalue weighted by Gasteiger charge is -2.04. The van der Waals surface area contributed by atoms with Crippen molar-refractivity contribution in [1.29, 1.82) is 0 Å². The van der Waals surface area contributed by atoms with E-state index in [4.69, 9.17) is 14.6 Å². The predicted octanol–water partition coefficient (Wildman–Crippen LogP) is 4.56. The second-order valence-electron chi connectivity index (χ2n) is 5.95. The molecule has 1 rings (SSSR count). The Kier molecular flexibility index (Phi) is 12.8. The molecule has 25 heavy (non-hydrogen) atoms. The monoisotopic (exact) mass is 350 g/mol. The van der Waals surface area contributed by atoms with E-state index >= 15 is 0 Å². The summed E-state index contributed by atoms with van der Waals surface area (Å²) in [4.78, 5) is 21.1. The minimum Gasteiger partial charge on any atom is -0.497 e. The highest BCUT2D eigenvalue weighted by Gasteiger charge is 1.99. The van der Waals surface area contributed by atoms with Gasteiger partial charge in [-0.25, -0.2) is 4.79 Å². The van der Waals surface area contributed by atoms with E-state index < -0.39 is 5.97 Å². The Morgan fingerprint density at radius 3 is 2.28 bits per heavy atom. The van der Waals surface area contributed by atoms with Crippen molar-refractivity contribution in [3.63, 3.8) is 0 Å². The number of carbonyl (C=O) groups is 2. The van der Waals surface area contributed by atoms with Crippen molar-refractivity contribution in [2.75, 3.05) is 13.7 Å². The number of carbonyl (C=O) groups excluding carboxylic acids is 1. The Morgan fingerprint density at radius 1 is 1.20 bits per heavy atom. The van der Waals surface area contributed by atoms with Crippen molar-refractivity contribution < 1.29 is 24.2 Å². The second-order valence-corrected chi connectivity index (χ2v) is 5.95. The number of methoxy groups -OCH3 is 1. The normalized spacial score (nSPS) is 10.3. The van der Waals surface area contributed by atoms with Crippen LogP contribution < -0.4 is 4.74 Å². The van der Waals surface area contributed by atoms with Crippen LogP contribution in [-0.4, -0.2) is 30.8 Å². The number of carboxylic acid groups (broad SMARTS) is 1. The van der Waals surface area contributed by atoms with E-state index in [9.17, 15) is 9.59 Å². The van der Waals surface area contributed by atoms with Crippen LogP contribution in [0.2, 0.25) is 0 Å². The van der Waals surface area contributed by atoms with Crippen LogP contribution in [0.15, 0.2) is 30.3 Å². The Morgan fingerprint density at radius 2 is 1.84 bits per heavy atom. The van der Waals surface area contributed by atoms with Crippen LogP contribution in [0.3, 0.4) is 0 Å². The molecule has 0 saturated carbocycles. The molecule has 1 aromatic rings. The minimum absolute atomic E-state index is 0.300. The van der Waals surface area contributed by atoms with Gasteiger partial charge in [0.25, 0.3) is 0 Å². The molecule has 0 fully saturated rings. The van der Waals surface area contributed by atoms with Crippen molar-refractivity contribution in [3.8, 4) is 5.75 Å². The van der Waals surface area contributed by atoms with Gasteiger partial charge in [-0.15, -0.1) is 0 Å². The maximum absolute atomic E-state index is 11.4. The van der Waals surface area contributed by atoms with Crippen LogP contribution in [0.1, 0.15) is 52.0 Å². The van der Waals surface area contributed by atoms with E-state index in [0.29, 0.717) is 18.9 Å². The van der Waals surface area contributed by atoms with E-state index in [1.54, 1.807) is 13.2 Å². The van der Waals surface area contributed by atoms with Crippen LogP contribution in [0, 0.1) is 5.92 Å². The molecular formula is C20H30O5. The first kappa shape index (κ1) is 22.7. The lowest BCUT2D eigenvalue weighted by atomic mass is 10.1. The highest BCUT2D eigenvalue weighted by atomic mass is 16.5. The first-order valence-electron chi connectivity index (χ1n) is 8.59. The molecule has 0 aliphatic carbocycles. The summed E-state index contributed by atoms with van der Waals surface area (Å²) in [6, 6.07) is 7.47. The molecule has 0 unspecified atom stereocenters. The van der Waals surface area contributed by atoms with Crippen molar-refractivity contribution >= 4 is 18.0 Å². The quantitative estimate of drug-likeness (QED) is 0.522. The molecule has 0 heterocycles. The fraction of sp³-hybridized carbons (Fsp3) is 0.500. The van der Waals surface area contributed by atoms with Crippen LogP contribution in [-0.2, 0) is 14.3 Å². The number of esters is 1. The van der Waals surface area contributed by atoms with E-state index in [2.05, 4.69) is 13.8 Å². The molecule has 0 spiro atoms. The van der Waals surface area contributed by atoms with Gasteiger partial charge in [0.15, 0.2) is 0 Å². The molecule has 0 amide bonds. The Balaban J connectivity index is 0.000000697. The highest BCUT2D eigenvalue weighted by molar-refractivity contribution is 5.87. The van der Waals surface area contributed by atoms with Gasteiger partial charge in [-0.05, 0) is 42.5 Å². The van der Waals surface area contributed by atoms with Crippen LogP contribution in [0.5, 0.6) is 5.75 Å². The molecule has 1 N–H and O–H groups in total. The van der Waals surface area contributed by atoms with Gasteiger partial charge in [0.1, 0.15) is 5.75 Å². The summed E-state index contributed by atoms with van der Waals surface area (Å²) in [5.41, 5.74) is 0.941. The Hall–Kier alpha value is -2.30. The van der Waals surface area contributed by atoms with Gasteiger partial charge in [-0.1, -0.05) is 39.3 Å². The summed E-state index contributed by atoms with van der Waals surface area (Å²) >= 11 is 0. The smallest absolute Gasteiger partial charge is 0.330 e. The lowest BCUT2D eigenvalue weighted by molar-refractivity contribution is -0.138. The number of hydrogen-bond donors (Lipinski definition) is 1. The minimum atomic E-state index is -0.693. The number of carboxylic acids is 1.